The van der Waals surface area contributed by atoms with E-state index in [1.807, 2.05) is 27.7 Å². The number of nitro benzene ring substituents is 1. The Bertz CT molecular complexity index is 807. The lowest BCUT2D eigenvalue weighted by atomic mass is 10.3. The average molecular weight is 404 g/mol. The number of hydrogen-bond acceptors (Lipinski definition) is 6. The molecule has 0 aliphatic heterocycles. The molecule has 7 nitrogen and oxygen atoms in total. The van der Waals surface area contributed by atoms with Crippen LogP contribution in [0.3, 0.4) is 0 Å². The van der Waals surface area contributed by atoms with Crippen molar-refractivity contribution >= 4 is 25.4 Å². The standard InChI is InChI=1S/C13H10ClNO6S.2C2H6/c1-20-12-7-6-11(8-13(12)22(14,18)19)21-10-4-2-9(3-5-10)15(16)17;2*1-2/h2-8H,1H3;2*1-2H3. The summed E-state index contributed by atoms with van der Waals surface area (Å²) < 4.78 is 33.4. The summed E-state index contributed by atoms with van der Waals surface area (Å²) in [4.78, 5) is 9.81. The van der Waals surface area contributed by atoms with E-state index in [4.69, 9.17) is 20.2 Å². The fraction of sp³-hybridized carbons (Fsp3) is 0.294. The maximum absolute atomic E-state index is 11.5. The van der Waals surface area contributed by atoms with Crippen molar-refractivity contribution in [3.8, 4) is 17.2 Å². The third-order valence-corrected chi connectivity index (χ3v) is 4.02. The zero-order valence-electron chi connectivity index (χ0n) is 15.2. The number of hydrogen-bond donors (Lipinski definition) is 0. The van der Waals surface area contributed by atoms with E-state index in [0.717, 1.165) is 0 Å². The molecule has 9 heteroatoms. The van der Waals surface area contributed by atoms with Gasteiger partial charge in [0.15, 0.2) is 0 Å². The number of nitrogens with zero attached hydrogens (tertiary/aromatic N) is 1. The molecule has 2 aromatic carbocycles. The van der Waals surface area contributed by atoms with Gasteiger partial charge < -0.3 is 9.47 Å². The van der Waals surface area contributed by atoms with Gasteiger partial charge in [0.05, 0.1) is 12.0 Å². The highest BCUT2D eigenvalue weighted by atomic mass is 35.7. The number of rotatable bonds is 5. The first kappa shape index (κ1) is 23.7. The molecular weight excluding hydrogens is 382 g/mol. The maximum Gasteiger partial charge on any atom is 0.269 e. The minimum Gasteiger partial charge on any atom is -0.495 e. The predicted octanol–water partition coefficient (Wildman–Crippen LogP) is 5.38. The van der Waals surface area contributed by atoms with Gasteiger partial charge in [0.25, 0.3) is 14.7 Å². The van der Waals surface area contributed by atoms with Gasteiger partial charge in [-0.05, 0) is 24.3 Å². The first-order valence-corrected chi connectivity index (χ1v) is 10.2. The normalized spacial score (nSPS) is 9.77. The van der Waals surface area contributed by atoms with Crippen molar-refractivity contribution in [1.82, 2.24) is 0 Å². The van der Waals surface area contributed by atoms with E-state index in [1.54, 1.807) is 0 Å². The van der Waals surface area contributed by atoms with Gasteiger partial charge in [-0.15, -0.1) is 0 Å². The summed E-state index contributed by atoms with van der Waals surface area (Å²) in [6.07, 6.45) is 0. The Labute approximate surface area is 158 Å². The topological polar surface area (TPSA) is 95.7 Å². The van der Waals surface area contributed by atoms with E-state index >= 15 is 0 Å². The lowest BCUT2D eigenvalue weighted by Crippen LogP contribution is -1.97. The molecule has 0 aliphatic rings. The van der Waals surface area contributed by atoms with Crippen molar-refractivity contribution < 1.29 is 22.8 Å². The fourth-order valence-corrected chi connectivity index (χ4v) is 2.69. The molecule has 144 valence electrons. The van der Waals surface area contributed by atoms with Crippen LogP contribution in [0.4, 0.5) is 5.69 Å². The van der Waals surface area contributed by atoms with E-state index in [-0.39, 0.29) is 22.1 Å². The third-order valence-electron chi connectivity index (χ3n) is 2.68. The summed E-state index contributed by atoms with van der Waals surface area (Å²) in [6.45, 7) is 8.00. The molecule has 26 heavy (non-hydrogen) atoms. The summed E-state index contributed by atoms with van der Waals surface area (Å²) in [6, 6.07) is 9.45. The van der Waals surface area contributed by atoms with Gasteiger partial charge in [-0.2, -0.15) is 0 Å². The molecule has 0 fully saturated rings. The van der Waals surface area contributed by atoms with Crippen LogP contribution < -0.4 is 9.47 Å². The lowest BCUT2D eigenvalue weighted by Gasteiger charge is -2.09. The van der Waals surface area contributed by atoms with Gasteiger partial charge >= 0.3 is 0 Å². The first-order valence-electron chi connectivity index (χ1n) is 7.86. The highest BCUT2D eigenvalue weighted by Gasteiger charge is 2.18. The minimum atomic E-state index is -4.00. The van der Waals surface area contributed by atoms with E-state index in [1.165, 1.54) is 49.6 Å². The Morgan fingerprint density at radius 1 is 0.962 bits per heavy atom. The Balaban J connectivity index is 0.00000146. The second-order valence-electron chi connectivity index (χ2n) is 4.10. The van der Waals surface area contributed by atoms with Crippen LogP contribution in [0.5, 0.6) is 17.2 Å². The number of methoxy groups -OCH3 is 1. The third kappa shape index (κ3) is 6.89. The molecular formula is C17H22ClNO6S. The Morgan fingerprint density at radius 2 is 1.46 bits per heavy atom. The van der Waals surface area contributed by atoms with Gasteiger partial charge in [-0.25, -0.2) is 8.42 Å². The number of non-ortho nitro benzene ring substituents is 1. The van der Waals surface area contributed by atoms with Crippen LogP contribution in [0.1, 0.15) is 27.7 Å². The molecule has 0 amide bonds. The van der Waals surface area contributed by atoms with Crippen LogP contribution in [0.2, 0.25) is 0 Å². The molecule has 0 aromatic heterocycles. The second-order valence-corrected chi connectivity index (χ2v) is 6.64. The van der Waals surface area contributed by atoms with Gasteiger partial charge in [0.2, 0.25) is 0 Å². The molecule has 0 atom stereocenters. The fourth-order valence-electron chi connectivity index (χ4n) is 1.68. The van der Waals surface area contributed by atoms with Crippen molar-refractivity contribution in [2.45, 2.75) is 32.6 Å². The molecule has 0 saturated heterocycles. The summed E-state index contributed by atoms with van der Waals surface area (Å²) >= 11 is 0. The van der Waals surface area contributed by atoms with Gasteiger partial charge in [0.1, 0.15) is 22.1 Å². The van der Waals surface area contributed by atoms with Crippen molar-refractivity contribution in [3.05, 3.63) is 52.6 Å². The summed E-state index contributed by atoms with van der Waals surface area (Å²) in [5.41, 5.74) is -0.0777. The number of nitro groups is 1. The molecule has 0 heterocycles. The number of ether oxygens (including phenoxy) is 2. The van der Waals surface area contributed by atoms with Gasteiger partial charge in [0, 0.05) is 28.9 Å². The maximum atomic E-state index is 11.5. The molecule has 0 aliphatic carbocycles. The van der Waals surface area contributed by atoms with Crippen LogP contribution in [0.15, 0.2) is 47.4 Å². The highest BCUT2D eigenvalue weighted by molar-refractivity contribution is 8.13. The van der Waals surface area contributed by atoms with Gasteiger partial charge in [-0.1, -0.05) is 27.7 Å². The molecule has 0 radical (unpaired) electrons. The van der Waals surface area contributed by atoms with Crippen LogP contribution in [-0.4, -0.2) is 20.5 Å². The Hall–Kier alpha value is -2.32. The van der Waals surface area contributed by atoms with Gasteiger partial charge in [-0.3, -0.25) is 10.1 Å². The molecule has 0 N–H and O–H groups in total. The Kier molecular flexibility index (Phi) is 10.3. The molecule has 0 spiro atoms. The monoisotopic (exact) mass is 403 g/mol. The van der Waals surface area contributed by atoms with Crippen molar-refractivity contribution in [1.29, 1.82) is 0 Å². The lowest BCUT2D eigenvalue weighted by molar-refractivity contribution is -0.384. The largest absolute Gasteiger partial charge is 0.495 e. The molecule has 2 rings (SSSR count). The highest BCUT2D eigenvalue weighted by Crippen LogP contribution is 2.33. The molecule has 0 unspecified atom stereocenters. The molecule has 0 saturated carbocycles. The zero-order valence-corrected chi connectivity index (χ0v) is 16.8. The zero-order chi connectivity index (χ0) is 20.3. The number of halogens is 1. The average Bonchev–Trinajstić information content (AvgIpc) is 2.65. The summed E-state index contributed by atoms with van der Waals surface area (Å²) in [7, 11) is 2.65. The van der Waals surface area contributed by atoms with E-state index in [2.05, 4.69) is 0 Å². The molecule has 2 aromatic rings. The van der Waals surface area contributed by atoms with Crippen LogP contribution in [0.25, 0.3) is 0 Å². The summed E-state index contributed by atoms with van der Waals surface area (Å²) in [5, 5.41) is 10.6. The van der Waals surface area contributed by atoms with Crippen LogP contribution in [0, 0.1) is 10.1 Å². The van der Waals surface area contributed by atoms with Crippen molar-refractivity contribution in [3.63, 3.8) is 0 Å². The quantitative estimate of drug-likeness (QED) is 0.378. The van der Waals surface area contributed by atoms with Crippen molar-refractivity contribution in [2.75, 3.05) is 7.11 Å². The van der Waals surface area contributed by atoms with Crippen molar-refractivity contribution in [2.24, 2.45) is 0 Å². The SMILES string of the molecule is CC.CC.COc1ccc(Oc2ccc([N+](=O)[O-])cc2)cc1S(=O)(=O)Cl. The second kappa shape index (κ2) is 11.3. The molecule has 0 bridgehead atoms. The van der Waals surface area contributed by atoms with Crippen LogP contribution in [-0.2, 0) is 9.05 Å². The first-order chi connectivity index (χ1) is 12.3. The predicted molar refractivity (Wildman–Crippen MR) is 102 cm³/mol. The van der Waals surface area contributed by atoms with Crippen LogP contribution >= 0.6 is 10.7 Å². The summed E-state index contributed by atoms with van der Waals surface area (Å²) in [5.74, 6) is 0.605. The van der Waals surface area contributed by atoms with E-state index in [0.29, 0.717) is 5.75 Å². The van der Waals surface area contributed by atoms with E-state index in [9.17, 15) is 18.5 Å². The van der Waals surface area contributed by atoms with E-state index < -0.39 is 14.0 Å². The smallest absolute Gasteiger partial charge is 0.269 e. The number of benzene rings is 2. The minimum absolute atomic E-state index is 0.0777. The Morgan fingerprint density at radius 3 is 1.88 bits per heavy atom.